The van der Waals surface area contributed by atoms with Gasteiger partial charge in [-0.2, -0.15) is 0 Å². The van der Waals surface area contributed by atoms with Crippen LogP contribution in [0.4, 0.5) is 0 Å². The van der Waals surface area contributed by atoms with Crippen LogP contribution in [-0.2, 0) is 6.54 Å². The van der Waals surface area contributed by atoms with Crippen LogP contribution in [0.25, 0.3) is 0 Å². The summed E-state index contributed by atoms with van der Waals surface area (Å²) in [6.45, 7) is 2.70. The molecule has 0 aliphatic heterocycles. The van der Waals surface area contributed by atoms with Crippen LogP contribution in [0.15, 0.2) is 36.8 Å². The molecule has 0 saturated heterocycles. The van der Waals surface area contributed by atoms with Crippen LogP contribution in [0.1, 0.15) is 24.2 Å². The first-order valence-electron chi connectivity index (χ1n) is 5.60. The van der Waals surface area contributed by atoms with Gasteiger partial charge in [0.1, 0.15) is 6.33 Å². The second-order valence-electron chi connectivity index (χ2n) is 3.95. The van der Waals surface area contributed by atoms with Crippen molar-refractivity contribution in [3.05, 3.63) is 58.1 Å². The first-order chi connectivity index (χ1) is 8.68. The average molecular weight is 282 g/mol. The fourth-order valence-corrected chi connectivity index (χ4v) is 2.12. The summed E-state index contributed by atoms with van der Waals surface area (Å²) in [7, 11) is 0. The molecule has 0 radical (unpaired) electrons. The number of benzene rings is 1. The predicted octanol–water partition coefficient (Wildman–Crippen LogP) is 3.63. The Hall–Kier alpha value is -1.16. The lowest BCUT2D eigenvalue weighted by Crippen LogP contribution is -2.19. The summed E-state index contributed by atoms with van der Waals surface area (Å²) in [5, 5.41) is 4.52. The molecular weight excluding hydrogens is 269 g/mol. The van der Waals surface area contributed by atoms with Crippen molar-refractivity contribution in [2.24, 2.45) is 0 Å². The third-order valence-corrected chi connectivity index (χ3v) is 3.51. The highest BCUT2D eigenvalue weighted by molar-refractivity contribution is 6.42. The van der Waals surface area contributed by atoms with Crippen LogP contribution >= 0.6 is 23.2 Å². The second-order valence-corrected chi connectivity index (χ2v) is 4.73. The van der Waals surface area contributed by atoms with Crippen molar-refractivity contribution in [1.82, 2.24) is 15.3 Å². The van der Waals surface area contributed by atoms with Crippen LogP contribution < -0.4 is 5.32 Å². The van der Waals surface area contributed by atoms with Crippen LogP contribution in [0.3, 0.4) is 0 Å². The smallest absolute Gasteiger partial charge is 0.115 e. The minimum absolute atomic E-state index is 0.103. The molecule has 2 aromatic rings. The Morgan fingerprint density at radius 2 is 2.11 bits per heavy atom. The van der Waals surface area contributed by atoms with E-state index in [9.17, 15) is 0 Å². The average Bonchev–Trinajstić information content (AvgIpc) is 2.40. The van der Waals surface area contributed by atoms with E-state index >= 15 is 0 Å². The summed E-state index contributed by atoms with van der Waals surface area (Å²) in [5.41, 5.74) is 1.92. The van der Waals surface area contributed by atoms with Gasteiger partial charge in [0.25, 0.3) is 0 Å². The Balaban J connectivity index is 2.04. The van der Waals surface area contributed by atoms with Gasteiger partial charge in [-0.3, -0.25) is 0 Å². The van der Waals surface area contributed by atoms with Crippen molar-refractivity contribution in [2.45, 2.75) is 19.5 Å². The van der Waals surface area contributed by atoms with Crippen molar-refractivity contribution in [1.29, 1.82) is 0 Å². The molecule has 1 heterocycles. The minimum atomic E-state index is 0.103. The van der Waals surface area contributed by atoms with E-state index in [2.05, 4.69) is 15.3 Å². The molecule has 1 unspecified atom stereocenters. The minimum Gasteiger partial charge on any atom is -0.305 e. The first kappa shape index (κ1) is 13.3. The normalized spacial score (nSPS) is 12.4. The molecule has 18 heavy (non-hydrogen) atoms. The summed E-state index contributed by atoms with van der Waals surface area (Å²) < 4.78 is 0. The third kappa shape index (κ3) is 3.19. The molecule has 1 aromatic carbocycles. The molecule has 2 rings (SSSR count). The van der Waals surface area contributed by atoms with Crippen molar-refractivity contribution in [2.75, 3.05) is 0 Å². The fourth-order valence-electron chi connectivity index (χ4n) is 1.65. The van der Waals surface area contributed by atoms with E-state index in [1.54, 1.807) is 12.3 Å². The Kier molecular flexibility index (Phi) is 4.53. The van der Waals surface area contributed by atoms with Crippen LogP contribution in [0.2, 0.25) is 10.0 Å². The molecule has 1 N–H and O–H groups in total. The zero-order chi connectivity index (χ0) is 13.0. The lowest BCUT2D eigenvalue weighted by molar-refractivity contribution is 0.567. The van der Waals surface area contributed by atoms with Gasteiger partial charge in [0, 0.05) is 18.8 Å². The molecule has 0 amide bonds. The van der Waals surface area contributed by atoms with Gasteiger partial charge in [-0.15, -0.1) is 0 Å². The maximum absolute atomic E-state index is 6.17. The molecule has 5 heteroatoms. The van der Waals surface area contributed by atoms with Crippen molar-refractivity contribution in [3.8, 4) is 0 Å². The number of aromatic nitrogens is 2. The van der Waals surface area contributed by atoms with Crippen molar-refractivity contribution < 1.29 is 0 Å². The molecule has 1 atom stereocenters. The summed E-state index contributed by atoms with van der Waals surface area (Å²) >= 11 is 12.2. The Labute approximate surface area is 116 Å². The summed E-state index contributed by atoms with van der Waals surface area (Å²) in [5.74, 6) is 0. The molecule has 0 aliphatic rings. The number of halogens is 2. The number of hydrogen-bond donors (Lipinski definition) is 1. The second kappa shape index (κ2) is 6.14. The van der Waals surface area contributed by atoms with E-state index in [-0.39, 0.29) is 6.04 Å². The Bertz CT molecular complexity index is 517. The van der Waals surface area contributed by atoms with E-state index in [4.69, 9.17) is 23.2 Å². The third-order valence-electron chi connectivity index (χ3n) is 2.68. The molecule has 3 nitrogen and oxygen atoms in total. The van der Waals surface area contributed by atoms with Crippen LogP contribution in [-0.4, -0.2) is 9.97 Å². The van der Waals surface area contributed by atoms with Gasteiger partial charge in [-0.25, -0.2) is 9.97 Å². The van der Waals surface area contributed by atoms with E-state index in [0.29, 0.717) is 16.6 Å². The van der Waals surface area contributed by atoms with Crippen LogP contribution in [0, 0.1) is 0 Å². The molecule has 0 saturated carbocycles. The predicted molar refractivity (Wildman–Crippen MR) is 73.7 cm³/mol. The lowest BCUT2D eigenvalue weighted by atomic mass is 10.1. The van der Waals surface area contributed by atoms with E-state index in [1.807, 2.05) is 25.1 Å². The maximum Gasteiger partial charge on any atom is 0.115 e. The van der Waals surface area contributed by atoms with Crippen molar-refractivity contribution in [3.63, 3.8) is 0 Å². The monoisotopic (exact) mass is 281 g/mol. The highest BCUT2D eigenvalue weighted by Gasteiger charge is 2.11. The SMILES string of the molecule is CC(NCc1ccncn1)c1cccc(Cl)c1Cl. The van der Waals surface area contributed by atoms with Gasteiger partial charge in [-0.05, 0) is 24.6 Å². The highest BCUT2D eigenvalue weighted by Crippen LogP contribution is 2.29. The largest absolute Gasteiger partial charge is 0.305 e. The highest BCUT2D eigenvalue weighted by atomic mass is 35.5. The summed E-state index contributed by atoms with van der Waals surface area (Å²) in [6.07, 6.45) is 3.26. The van der Waals surface area contributed by atoms with Gasteiger partial charge in [-0.1, -0.05) is 35.3 Å². The Morgan fingerprint density at radius 3 is 2.83 bits per heavy atom. The molecule has 0 fully saturated rings. The quantitative estimate of drug-likeness (QED) is 0.930. The maximum atomic E-state index is 6.17. The molecule has 0 aliphatic carbocycles. The fraction of sp³-hybridized carbons (Fsp3) is 0.231. The number of hydrogen-bond acceptors (Lipinski definition) is 3. The van der Waals surface area contributed by atoms with Crippen molar-refractivity contribution >= 4 is 23.2 Å². The van der Waals surface area contributed by atoms with Gasteiger partial charge in [0.2, 0.25) is 0 Å². The summed E-state index contributed by atoms with van der Waals surface area (Å²) in [6, 6.07) is 7.62. The lowest BCUT2D eigenvalue weighted by Gasteiger charge is -2.16. The van der Waals surface area contributed by atoms with E-state index in [1.165, 1.54) is 6.33 Å². The standard InChI is InChI=1S/C13H13Cl2N3/c1-9(11-3-2-4-12(14)13(11)15)17-7-10-5-6-16-8-18-10/h2-6,8-9,17H,7H2,1H3. The zero-order valence-corrected chi connectivity index (χ0v) is 11.4. The molecule has 0 bridgehead atoms. The van der Waals surface area contributed by atoms with Crippen LogP contribution in [0.5, 0.6) is 0 Å². The first-order valence-corrected chi connectivity index (χ1v) is 6.36. The molecule has 94 valence electrons. The number of nitrogens with one attached hydrogen (secondary N) is 1. The van der Waals surface area contributed by atoms with Gasteiger partial charge < -0.3 is 5.32 Å². The zero-order valence-electron chi connectivity index (χ0n) is 9.90. The van der Waals surface area contributed by atoms with E-state index < -0.39 is 0 Å². The molecule has 0 spiro atoms. The number of rotatable bonds is 4. The number of nitrogens with zero attached hydrogens (tertiary/aromatic N) is 2. The summed E-state index contributed by atoms with van der Waals surface area (Å²) in [4.78, 5) is 8.03. The van der Waals surface area contributed by atoms with E-state index in [0.717, 1.165) is 11.3 Å². The van der Waals surface area contributed by atoms with Gasteiger partial charge in [0.15, 0.2) is 0 Å². The van der Waals surface area contributed by atoms with Gasteiger partial charge in [0.05, 0.1) is 15.7 Å². The molecule has 1 aromatic heterocycles. The van der Waals surface area contributed by atoms with Gasteiger partial charge >= 0.3 is 0 Å². The Morgan fingerprint density at radius 1 is 1.28 bits per heavy atom. The topological polar surface area (TPSA) is 37.8 Å². The molecular formula is C13H13Cl2N3.